The van der Waals surface area contributed by atoms with Gasteiger partial charge in [0.2, 0.25) is 0 Å². The molecule has 0 aliphatic rings. The summed E-state index contributed by atoms with van der Waals surface area (Å²) in [4.78, 5) is 24.4. The highest BCUT2D eigenvalue weighted by Gasteiger charge is 2.10. The Morgan fingerprint density at radius 2 is 1.76 bits per heavy atom. The van der Waals surface area contributed by atoms with Gasteiger partial charge in [0.05, 0.1) is 19.9 Å². The Hall–Kier alpha value is -4.33. The number of rotatable bonds is 10. The molecule has 8 heteroatoms. The first-order chi connectivity index (χ1) is 16.1. The molecule has 0 unspecified atom stereocenters. The highest BCUT2D eigenvalue weighted by Crippen LogP contribution is 2.28. The second-order valence-electron chi connectivity index (χ2n) is 6.77. The number of nitrogens with zero attached hydrogens (tertiary/aromatic N) is 1. The molecule has 3 aromatic carbocycles. The van der Waals surface area contributed by atoms with Crippen LogP contribution >= 0.6 is 0 Å². The summed E-state index contributed by atoms with van der Waals surface area (Å²) in [7, 11) is 1.54. The maximum Gasteiger partial charge on any atom is 0.271 e. The number of ether oxygens (including phenoxy) is 3. The van der Waals surface area contributed by atoms with Crippen LogP contribution in [0.2, 0.25) is 0 Å². The Balaban J connectivity index is 1.60. The lowest BCUT2D eigenvalue weighted by molar-refractivity contribution is -0.118. The van der Waals surface area contributed by atoms with Gasteiger partial charge in [-0.15, -0.1) is 0 Å². The molecule has 0 fully saturated rings. The van der Waals surface area contributed by atoms with Crippen LogP contribution in [0.4, 0.5) is 5.69 Å². The van der Waals surface area contributed by atoms with Crippen molar-refractivity contribution in [2.24, 2.45) is 5.10 Å². The molecule has 2 amide bonds. The van der Waals surface area contributed by atoms with Gasteiger partial charge in [0, 0.05) is 11.3 Å². The van der Waals surface area contributed by atoms with Crippen molar-refractivity contribution in [3.8, 4) is 17.2 Å². The molecule has 8 nitrogen and oxygen atoms in total. The first-order valence-corrected chi connectivity index (χ1v) is 10.3. The first-order valence-electron chi connectivity index (χ1n) is 10.3. The Bertz CT molecular complexity index is 1120. The van der Waals surface area contributed by atoms with Gasteiger partial charge in [-0.3, -0.25) is 9.59 Å². The van der Waals surface area contributed by atoms with Crippen LogP contribution in [-0.2, 0) is 4.79 Å². The van der Waals surface area contributed by atoms with Crippen molar-refractivity contribution in [2.45, 2.75) is 6.92 Å². The van der Waals surface area contributed by atoms with Gasteiger partial charge in [-0.05, 0) is 61.0 Å². The maximum absolute atomic E-state index is 12.2. The topological polar surface area (TPSA) is 98.2 Å². The summed E-state index contributed by atoms with van der Waals surface area (Å²) in [5.74, 6) is 0.834. The van der Waals surface area contributed by atoms with Gasteiger partial charge < -0.3 is 19.5 Å². The largest absolute Gasteiger partial charge is 0.497 e. The molecule has 0 aromatic heterocycles. The monoisotopic (exact) mass is 447 g/mol. The van der Waals surface area contributed by atoms with E-state index in [1.807, 2.05) is 25.1 Å². The predicted octanol–water partition coefficient (Wildman–Crippen LogP) is 3.88. The molecule has 0 aliphatic carbocycles. The highest BCUT2D eigenvalue weighted by molar-refractivity contribution is 5.95. The number of carbonyl (C=O) groups is 2. The first kappa shape index (κ1) is 23.3. The maximum atomic E-state index is 12.2. The van der Waals surface area contributed by atoms with Gasteiger partial charge in [0.25, 0.3) is 11.8 Å². The Morgan fingerprint density at radius 3 is 2.52 bits per heavy atom. The summed E-state index contributed by atoms with van der Waals surface area (Å²) < 4.78 is 16.4. The van der Waals surface area contributed by atoms with Crippen LogP contribution in [0, 0.1) is 0 Å². The zero-order chi connectivity index (χ0) is 23.5. The third kappa shape index (κ3) is 7.10. The van der Waals surface area contributed by atoms with Gasteiger partial charge >= 0.3 is 0 Å². The molecule has 0 spiro atoms. The molecule has 170 valence electrons. The Labute approximate surface area is 192 Å². The molecule has 0 radical (unpaired) electrons. The van der Waals surface area contributed by atoms with Crippen LogP contribution in [0.5, 0.6) is 17.2 Å². The molecule has 0 bridgehead atoms. The summed E-state index contributed by atoms with van der Waals surface area (Å²) in [6.45, 7) is 2.10. The fourth-order valence-electron chi connectivity index (χ4n) is 2.85. The summed E-state index contributed by atoms with van der Waals surface area (Å²) in [5.41, 5.74) is 4.29. The predicted molar refractivity (Wildman–Crippen MR) is 126 cm³/mol. The van der Waals surface area contributed by atoms with E-state index in [-0.39, 0.29) is 18.4 Å². The van der Waals surface area contributed by atoms with Crippen LogP contribution in [0.25, 0.3) is 0 Å². The number of methoxy groups -OCH3 is 1. The molecule has 0 atom stereocenters. The van der Waals surface area contributed by atoms with Gasteiger partial charge in [-0.1, -0.05) is 24.3 Å². The lowest BCUT2D eigenvalue weighted by Crippen LogP contribution is -2.20. The fraction of sp³-hybridized carbons (Fsp3) is 0.160. The number of para-hydroxylation sites is 1. The van der Waals surface area contributed by atoms with Gasteiger partial charge in [-0.25, -0.2) is 5.43 Å². The van der Waals surface area contributed by atoms with Gasteiger partial charge in [0.15, 0.2) is 18.1 Å². The smallest absolute Gasteiger partial charge is 0.271 e. The Kier molecular flexibility index (Phi) is 8.41. The van der Waals surface area contributed by atoms with E-state index in [1.165, 1.54) is 13.3 Å². The lowest BCUT2D eigenvalue weighted by atomic mass is 10.2. The minimum atomic E-state index is -0.362. The van der Waals surface area contributed by atoms with Crippen molar-refractivity contribution >= 4 is 23.7 Å². The van der Waals surface area contributed by atoms with E-state index < -0.39 is 0 Å². The van der Waals surface area contributed by atoms with Crippen molar-refractivity contribution in [3.05, 3.63) is 83.9 Å². The minimum Gasteiger partial charge on any atom is -0.497 e. The van der Waals surface area contributed by atoms with Crippen molar-refractivity contribution in [1.29, 1.82) is 0 Å². The number of benzene rings is 3. The molecule has 3 rings (SSSR count). The van der Waals surface area contributed by atoms with Gasteiger partial charge in [-0.2, -0.15) is 5.10 Å². The van der Waals surface area contributed by atoms with E-state index in [4.69, 9.17) is 14.2 Å². The van der Waals surface area contributed by atoms with E-state index in [1.54, 1.807) is 54.6 Å². The molecular formula is C25H25N3O5. The molecule has 3 aromatic rings. The number of nitrogens with one attached hydrogen (secondary N) is 2. The van der Waals surface area contributed by atoms with Crippen molar-refractivity contribution in [2.75, 3.05) is 25.6 Å². The van der Waals surface area contributed by atoms with Crippen LogP contribution in [0.3, 0.4) is 0 Å². The van der Waals surface area contributed by atoms with E-state index in [0.717, 1.165) is 0 Å². The van der Waals surface area contributed by atoms with Crippen LogP contribution in [0.15, 0.2) is 77.9 Å². The molecule has 0 heterocycles. The van der Waals surface area contributed by atoms with E-state index in [9.17, 15) is 9.59 Å². The average molecular weight is 447 g/mol. The average Bonchev–Trinajstić information content (AvgIpc) is 2.84. The Morgan fingerprint density at radius 1 is 0.939 bits per heavy atom. The number of carbonyl (C=O) groups excluding carboxylic acids is 2. The quantitative estimate of drug-likeness (QED) is 0.363. The number of hydrazone groups is 1. The van der Waals surface area contributed by atoms with E-state index in [0.29, 0.717) is 40.7 Å². The van der Waals surface area contributed by atoms with Crippen LogP contribution in [0.1, 0.15) is 22.8 Å². The SMILES string of the molecule is CCOc1cc(/C=N/NC(=O)c2cccc(OC)c2)ccc1OCC(=O)Nc1ccccc1. The second-order valence-corrected chi connectivity index (χ2v) is 6.77. The zero-order valence-corrected chi connectivity index (χ0v) is 18.4. The third-order valence-electron chi connectivity index (χ3n) is 4.40. The number of hydrogen-bond donors (Lipinski definition) is 2. The summed E-state index contributed by atoms with van der Waals surface area (Å²) in [6, 6.07) is 21.1. The molecular weight excluding hydrogens is 422 g/mol. The summed E-state index contributed by atoms with van der Waals surface area (Å²) in [5, 5.41) is 6.76. The number of amides is 2. The molecule has 2 N–H and O–H groups in total. The third-order valence-corrected chi connectivity index (χ3v) is 4.40. The van der Waals surface area contributed by atoms with Crippen LogP contribution < -0.4 is 25.0 Å². The summed E-state index contributed by atoms with van der Waals surface area (Å²) >= 11 is 0. The standard InChI is InChI=1S/C25H25N3O5/c1-3-32-23-14-18(16-26-28-25(30)19-8-7-11-21(15-19)31-2)12-13-22(23)33-17-24(29)27-20-9-5-4-6-10-20/h4-16H,3,17H2,1-2H3,(H,27,29)(H,28,30)/b26-16+. The molecule has 0 saturated heterocycles. The molecule has 0 saturated carbocycles. The normalized spacial score (nSPS) is 10.5. The van der Waals surface area contributed by atoms with Gasteiger partial charge in [0.1, 0.15) is 5.75 Å². The van der Waals surface area contributed by atoms with Crippen molar-refractivity contribution in [1.82, 2.24) is 5.43 Å². The number of hydrogen-bond acceptors (Lipinski definition) is 6. The van der Waals surface area contributed by atoms with Crippen molar-refractivity contribution < 1.29 is 23.8 Å². The highest BCUT2D eigenvalue weighted by atomic mass is 16.5. The van der Waals surface area contributed by atoms with E-state index in [2.05, 4.69) is 15.8 Å². The zero-order valence-electron chi connectivity index (χ0n) is 18.4. The summed E-state index contributed by atoms with van der Waals surface area (Å²) in [6.07, 6.45) is 1.49. The second kappa shape index (κ2) is 11.9. The molecule has 33 heavy (non-hydrogen) atoms. The molecule has 0 aliphatic heterocycles. The minimum absolute atomic E-state index is 0.168. The van der Waals surface area contributed by atoms with Crippen LogP contribution in [-0.4, -0.2) is 38.4 Å². The fourth-order valence-corrected chi connectivity index (χ4v) is 2.85. The van der Waals surface area contributed by atoms with E-state index >= 15 is 0 Å². The van der Waals surface area contributed by atoms with Crippen molar-refractivity contribution in [3.63, 3.8) is 0 Å². The number of anilines is 1. The lowest BCUT2D eigenvalue weighted by Gasteiger charge is -2.12.